The summed E-state index contributed by atoms with van der Waals surface area (Å²) in [6.45, 7) is 7.37. The number of carbonyl (C=O) groups excluding carboxylic acids is 1. The summed E-state index contributed by atoms with van der Waals surface area (Å²) in [5, 5.41) is 9.82. The van der Waals surface area contributed by atoms with Gasteiger partial charge in [-0.3, -0.25) is 9.36 Å². The molecule has 0 atom stereocenters. The predicted molar refractivity (Wildman–Crippen MR) is 128 cm³/mol. The predicted octanol–water partition coefficient (Wildman–Crippen LogP) is 4.19. The molecule has 0 spiro atoms. The molecule has 1 aromatic heterocycles. The molecule has 0 bridgehead atoms. The molecule has 0 saturated carbocycles. The second-order valence-electron chi connectivity index (χ2n) is 7.97. The van der Waals surface area contributed by atoms with Crippen LogP contribution in [-0.2, 0) is 4.79 Å². The number of nitriles is 1. The fraction of sp³-hybridized carbons (Fsp3) is 0.320. The third kappa shape index (κ3) is 4.81. The summed E-state index contributed by atoms with van der Waals surface area (Å²) in [5.74, 6) is 0.519. The van der Waals surface area contributed by atoms with E-state index in [9.17, 15) is 4.79 Å². The van der Waals surface area contributed by atoms with Gasteiger partial charge in [-0.25, -0.2) is 4.98 Å². The fourth-order valence-electron chi connectivity index (χ4n) is 3.97. The Labute approximate surface area is 193 Å². The maximum Gasteiger partial charge on any atom is 0.233 e. The van der Waals surface area contributed by atoms with E-state index in [-0.39, 0.29) is 5.91 Å². The zero-order valence-corrected chi connectivity index (χ0v) is 19.3. The van der Waals surface area contributed by atoms with Crippen LogP contribution >= 0.6 is 11.8 Å². The number of nitrogens with zero attached hydrogens (tertiary/aromatic N) is 5. The first kappa shape index (κ1) is 22.0. The molecule has 1 saturated heterocycles. The first-order valence-electron chi connectivity index (χ1n) is 10.8. The van der Waals surface area contributed by atoms with Crippen LogP contribution in [0, 0.1) is 25.2 Å². The zero-order chi connectivity index (χ0) is 22.5. The highest BCUT2D eigenvalue weighted by atomic mass is 32.2. The lowest BCUT2D eigenvalue weighted by Crippen LogP contribution is -2.36. The molecular weight excluding hydrogens is 418 g/mol. The van der Waals surface area contributed by atoms with Crippen molar-refractivity contribution >= 4 is 23.4 Å². The van der Waals surface area contributed by atoms with Crippen LogP contribution in [0.25, 0.3) is 5.69 Å². The monoisotopic (exact) mass is 445 g/mol. The van der Waals surface area contributed by atoms with Crippen molar-refractivity contribution in [3.8, 4) is 11.8 Å². The van der Waals surface area contributed by atoms with Gasteiger partial charge in [0.2, 0.25) is 5.91 Å². The van der Waals surface area contributed by atoms with E-state index in [0.717, 1.165) is 42.6 Å². The van der Waals surface area contributed by atoms with Crippen LogP contribution in [0.1, 0.15) is 23.1 Å². The van der Waals surface area contributed by atoms with Gasteiger partial charge in [0, 0.05) is 44.3 Å². The van der Waals surface area contributed by atoms with Crippen molar-refractivity contribution in [3.63, 3.8) is 0 Å². The van der Waals surface area contributed by atoms with Gasteiger partial charge in [0.25, 0.3) is 0 Å². The molecule has 0 aliphatic carbocycles. The van der Waals surface area contributed by atoms with Gasteiger partial charge in [0.05, 0.1) is 23.1 Å². The van der Waals surface area contributed by atoms with Gasteiger partial charge in [-0.05, 0) is 61.7 Å². The van der Waals surface area contributed by atoms with Gasteiger partial charge in [-0.2, -0.15) is 5.26 Å². The molecule has 3 aromatic rings. The molecule has 1 aliphatic heterocycles. The molecule has 1 amide bonds. The molecule has 2 heterocycles. The average molecular weight is 446 g/mol. The van der Waals surface area contributed by atoms with Crippen molar-refractivity contribution in [3.05, 3.63) is 71.5 Å². The van der Waals surface area contributed by atoms with E-state index in [1.54, 1.807) is 6.20 Å². The number of carbonyl (C=O) groups is 1. The Balaban J connectivity index is 1.37. The molecular formula is C25H27N5OS. The van der Waals surface area contributed by atoms with Gasteiger partial charge in [0.15, 0.2) is 5.16 Å². The third-order valence-electron chi connectivity index (χ3n) is 5.98. The number of imidazole rings is 1. The van der Waals surface area contributed by atoms with Gasteiger partial charge >= 0.3 is 0 Å². The highest BCUT2D eigenvalue weighted by Gasteiger charge is 2.20. The van der Waals surface area contributed by atoms with E-state index >= 15 is 0 Å². The van der Waals surface area contributed by atoms with E-state index in [4.69, 9.17) is 5.26 Å². The number of hydrogen-bond acceptors (Lipinski definition) is 5. The lowest BCUT2D eigenvalue weighted by Gasteiger charge is -2.23. The second-order valence-corrected chi connectivity index (χ2v) is 8.91. The van der Waals surface area contributed by atoms with Crippen LogP contribution in [0.3, 0.4) is 0 Å². The number of thioether (sulfide) groups is 1. The number of amides is 1. The van der Waals surface area contributed by atoms with Crippen LogP contribution in [0.4, 0.5) is 5.69 Å². The summed E-state index contributed by atoms with van der Waals surface area (Å²) in [7, 11) is 0. The number of aromatic nitrogens is 2. The maximum atomic E-state index is 13.0. The Bertz CT molecular complexity index is 1130. The third-order valence-corrected chi connectivity index (χ3v) is 6.93. The minimum atomic E-state index is 0.146. The van der Waals surface area contributed by atoms with E-state index < -0.39 is 0 Å². The minimum Gasteiger partial charge on any atom is -0.370 e. The van der Waals surface area contributed by atoms with Crippen molar-refractivity contribution in [2.75, 3.05) is 36.8 Å². The topological polar surface area (TPSA) is 65.2 Å². The lowest BCUT2D eigenvalue weighted by atomic mass is 10.1. The van der Waals surface area contributed by atoms with Gasteiger partial charge in [-0.15, -0.1) is 0 Å². The standard InChI is InChI=1S/C25H27N5OS/c1-19-5-3-6-23(20(19)2)30-14-11-27-25(30)32-18-24(31)29-13-4-12-28(15-16-29)22-9-7-21(17-26)8-10-22/h3,5-11,14H,4,12-13,15-16,18H2,1-2H3. The molecule has 6 nitrogen and oxygen atoms in total. The van der Waals surface area contributed by atoms with Crippen molar-refractivity contribution < 1.29 is 4.79 Å². The fourth-order valence-corrected chi connectivity index (χ4v) is 4.83. The van der Waals surface area contributed by atoms with Crippen molar-refractivity contribution in [2.45, 2.75) is 25.4 Å². The Hall–Kier alpha value is -3.24. The quantitative estimate of drug-likeness (QED) is 0.551. The SMILES string of the molecule is Cc1cccc(-n2ccnc2SCC(=O)N2CCCN(c3ccc(C#N)cc3)CC2)c1C. The zero-order valence-electron chi connectivity index (χ0n) is 18.5. The summed E-state index contributed by atoms with van der Waals surface area (Å²) in [5.41, 5.74) is 5.32. The second kappa shape index (κ2) is 9.92. The molecule has 0 N–H and O–H groups in total. The van der Waals surface area contributed by atoms with Crippen LogP contribution in [-0.4, -0.2) is 52.3 Å². The first-order valence-corrected chi connectivity index (χ1v) is 11.8. The van der Waals surface area contributed by atoms with E-state index in [2.05, 4.69) is 46.5 Å². The lowest BCUT2D eigenvalue weighted by molar-refractivity contribution is -0.128. The Morgan fingerprint density at radius 2 is 1.91 bits per heavy atom. The molecule has 7 heteroatoms. The summed E-state index contributed by atoms with van der Waals surface area (Å²) in [4.78, 5) is 21.7. The molecule has 4 rings (SSSR count). The van der Waals surface area contributed by atoms with E-state index in [1.165, 1.54) is 22.9 Å². The van der Waals surface area contributed by atoms with Crippen LogP contribution in [0.2, 0.25) is 0 Å². The summed E-state index contributed by atoms with van der Waals surface area (Å²) in [6, 6.07) is 16.1. The molecule has 2 aromatic carbocycles. The van der Waals surface area contributed by atoms with Crippen LogP contribution in [0.5, 0.6) is 0 Å². The highest BCUT2D eigenvalue weighted by molar-refractivity contribution is 7.99. The maximum absolute atomic E-state index is 13.0. The molecule has 32 heavy (non-hydrogen) atoms. The number of rotatable bonds is 5. The van der Waals surface area contributed by atoms with Crippen molar-refractivity contribution in [1.29, 1.82) is 5.26 Å². The normalized spacial score (nSPS) is 14.2. The van der Waals surface area contributed by atoms with Gasteiger partial charge < -0.3 is 9.80 Å². The number of hydrogen-bond donors (Lipinski definition) is 0. The largest absolute Gasteiger partial charge is 0.370 e. The Morgan fingerprint density at radius 1 is 1.09 bits per heavy atom. The van der Waals surface area contributed by atoms with Gasteiger partial charge in [0.1, 0.15) is 0 Å². The Kier molecular flexibility index (Phi) is 6.81. The average Bonchev–Trinajstić information content (AvgIpc) is 3.14. The smallest absolute Gasteiger partial charge is 0.233 e. The minimum absolute atomic E-state index is 0.146. The number of benzene rings is 2. The van der Waals surface area contributed by atoms with Gasteiger partial charge in [-0.1, -0.05) is 23.9 Å². The van der Waals surface area contributed by atoms with Crippen LogP contribution < -0.4 is 4.90 Å². The van der Waals surface area contributed by atoms with E-state index in [0.29, 0.717) is 17.9 Å². The highest BCUT2D eigenvalue weighted by Crippen LogP contribution is 2.25. The Morgan fingerprint density at radius 3 is 2.69 bits per heavy atom. The van der Waals surface area contributed by atoms with Crippen LogP contribution in [0.15, 0.2) is 60.0 Å². The molecule has 0 unspecified atom stereocenters. The summed E-state index contributed by atoms with van der Waals surface area (Å²) >= 11 is 1.49. The van der Waals surface area contributed by atoms with Crippen molar-refractivity contribution in [2.24, 2.45) is 0 Å². The summed E-state index contributed by atoms with van der Waals surface area (Å²) in [6.07, 6.45) is 4.67. The molecule has 1 aliphatic rings. The number of anilines is 1. The molecule has 0 radical (unpaired) electrons. The van der Waals surface area contributed by atoms with E-state index in [1.807, 2.05) is 41.4 Å². The van der Waals surface area contributed by atoms with Crippen molar-refractivity contribution in [1.82, 2.24) is 14.5 Å². The molecule has 1 fully saturated rings. The number of aryl methyl sites for hydroxylation is 1. The molecule has 164 valence electrons. The summed E-state index contributed by atoms with van der Waals surface area (Å²) < 4.78 is 2.06. The first-order chi connectivity index (χ1) is 15.6.